The maximum atomic E-state index is 12.1. The summed E-state index contributed by atoms with van der Waals surface area (Å²) in [5.74, 6) is 0.494. The van der Waals surface area contributed by atoms with Gasteiger partial charge in [0.05, 0.1) is 24.9 Å². The molecule has 1 N–H and O–H groups in total. The van der Waals surface area contributed by atoms with Crippen molar-refractivity contribution in [2.45, 2.75) is 0 Å². The Balaban J connectivity index is 2.18. The van der Waals surface area contributed by atoms with Gasteiger partial charge in [0.2, 0.25) is 5.91 Å². The average Bonchev–Trinajstić information content (AvgIpc) is 2.55. The van der Waals surface area contributed by atoms with Crippen molar-refractivity contribution in [3.05, 3.63) is 57.0 Å². The molecule has 7 heteroatoms. The van der Waals surface area contributed by atoms with E-state index in [-0.39, 0.29) is 5.91 Å². The van der Waals surface area contributed by atoms with E-state index in [0.29, 0.717) is 37.8 Å². The molecule has 0 saturated heterocycles. The standard InChI is InChI=1S/C17H14Cl3NO3/c1-23-15-9-14(16(24-2)8-13(15)20)21-17(22)6-4-10-3-5-11(18)7-12(10)19/h3-9H,1-2H3,(H,21,22)/b6-4+. The third kappa shape index (κ3) is 4.57. The molecule has 0 saturated carbocycles. The van der Waals surface area contributed by atoms with E-state index in [0.717, 1.165) is 0 Å². The highest BCUT2D eigenvalue weighted by Gasteiger charge is 2.11. The van der Waals surface area contributed by atoms with Gasteiger partial charge in [-0.15, -0.1) is 0 Å². The van der Waals surface area contributed by atoms with E-state index in [1.165, 1.54) is 20.3 Å². The number of methoxy groups -OCH3 is 2. The molecule has 24 heavy (non-hydrogen) atoms. The Morgan fingerprint density at radius 3 is 2.33 bits per heavy atom. The van der Waals surface area contributed by atoms with Crippen molar-refractivity contribution in [2.24, 2.45) is 0 Å². The number of hydrogen-bond acceptors (Lipinski definition) is 3. The molecule has 0 heterocycles. The Hall–Kier alpha value is -1.88. The van der Waals surface area contributed by atoms with Crippen LogP contribution in [0.1, 0.15) is 5.56 Å². The molecule has 0 spiro atoms. The quantitative estimate of drug-likeness (QED) is 0.708. The van der Waals surface area contributed by atoms with Crippen LogP contribution in [-0.2, 0) is 4.79 Å². The second-order valence-electron chi connectivity index (χ2n) is 4.68. The number of benzene rings is 2. The summed E-state index contributed by atoms with van der Waals surface area (Å²) in [7, 11) is 2.97. The van der Waals surface area contributed by atoms with Crippen LogP contribution in [0, 0.1) is 0 Å². The lowest BCUT2D eigenvalue weighted by molar-refractivity contribution is -0.111. The number of ether oxygens (including phenoxy) is 2. The van der Waals surface area contributed by atoms with Crippen molar-refractivity contribution in [1.29, 1.82) is 0 Å². The van der Waals surface area contributed by atoms with Crippen LogP contribution in [-0.4, -0.2) is 20.1 Å². The maximum Gasteiger partial charge on any atom is 0.248 e. The van der Waals surface area contributed by atoms with Gasteiger partial charge in [-0.05, 0) is 23.8 Å². The van der Waals surface area contributed by atoms with Crippen LogP contribution in [0.2, 0.25) is 15.1 Å². The Kier molecular flexibility index (Phi) is 6.37. The van der Waals surface area contributed by atoms with Gasteiger partial charge in [0, 0.05) is 28.3 Å². The van der Waals surface area contributed by atoms with Gasteiger partial charge in [0.1, 0.15) is 11.5 Å². The zero-order valence-electron chi connectivity index (χ0n) is 12.9. The highest BCUT2D eigenvalue weighted by atomic mass is 35.5. The smallest absolute Gasteiger partial charge is 0.248 e. The molecule has 2 rings (SSSR count). The van der Waals surface area contributed by atoms with Crippen LogP contribution in [0.5, 0.6) is 11.5 Å². The molecule has 126 valence electrons. The third-order valence-electron chi connectivity index (χ3n) is 3.11. The third-order valence-corrected chi connectivity index (χ3v) is 3.97. The van der Waals surface area contributed by atoms with Crippen molar-refractivity contribution in [2.75, 3.05) is 19.5 Å². The number of hydrogen-bond donors (Lipinski definition) is 1. The minimum absolute atomic E-state index is 0.358. The van der Waals surface area contributed by atoms with Crippen molar-refractivity contribution >= 4 is 52.5 Å². The Bertz CT molecular complexity index is 791. The molecule has 0 aliphatic rings. The highest BCUT2D eigenvalue weighted by molar-refractivity contribution is 6.35. The van der Waals surface area contributed by atoms with E-state index >= 15 is 0 Å². The van der Waals surface area contributed by atoms with Crippen molar-refractivity contribution in [3.63, 3.8) is 0 Å². The fourth-order valence-corrected chi connectivity index (χ4v) is 2.64. The topological polar surface area (TPSA) is 47.6 Å². The number of rotatable bonds is 5. The molecule has 2 aromatic carbocycles. The minimum atomic E-state index is -0.358. The first-order valence-corrected chi connectivity index (χ1v) is 7.93. The summed E-state index contributed by atoms with van der Waals surface area (Å²) in [4.78, 5) is 12.1. The number of carbonyl (C=O) groups excluding carboxylic acids is 1. The molecule has 2 aromatic rings. The minimum Gasteiger partial charge on any atom is -0.495 e. The summed E-state index contributed by atoms with van der Waals surface area (Å²) in [6.07, 6.45) is 2.95. The SMILES string of the molecule is COc1cc(NC(=O)/C=C/c2ccc(Cl)cc2Cl)c(OC)cc1Cl. The van der Waals surface area contributed by atoms with E-state index in [1.807, 2.05) is 0 Å². The Morgan fingerprint density at radius 1 is 1.00 bits per heavy atom. The molecular formula is C17H14Cl3NO3. The fourth-order valence-electron chi connectivity index (χ4n) is 1.93. The van der Waals surface area contributed by atoms with Crippen molar-refractivity contribution < 1.29 is 14.3 Å². The predicted molar refractivity (Wildman–Crippen MR) is 98.7 cm³/mol. The second-order valence-corrected chi connectivity index (χ2v) is 5.93. The van der Waals surface area contributed by atoms with Crippen molar-refractivity contribution in [3.8, 4) is 11.5 Å². The van der Waals surface area contributed by atoms with E-state index in [1.54, 1.807) is 36.4 Å². The molecule has 0 aliphatic heterocycles. The normalized spacial score (nSPS) is 10.7. The number of nitrogens with one attached hydrogen (secondary N) is 1. The lowest BCUT2D eigenvalue weighted by Crippen LogP contribution is -2.09. The lowest BCUT2D eigenvalue weighted by Gasteiger charge is -2.12. The molecule has 1 amide bonds. The molecular weight excluding hydrogens is 373 g/mol. The number of halogens is 3. The molecule has 0 radical (unpaired) electrons. The van der Waals surface area contributed by atoms with E-state index in [4.69, 9.17) is 44.3 Å². The van der Waals surface area contributed by atoms with E-state index in [9.17, 15) is 4.79 Å². The molecule has 0 atom stereocenters. The largest absolute Gasteiger partial charge is 0.495 e. The first-order valence-electron chi connectivity index (χ1n) is 6.80. The number of carbonyl (C=O) groups is 1. The van der Waals surface area contributed by atoms with Gasteiger partial charge in [-0.25, -0.2) is 0 Å². The summed E-state index contributed by atoms with van der Waals surface area (Å²) < 4.78 is 10.3. The Morgan fingerprint density at radius 2 is 1.71 bits per heavy atom. The summed E-state index contributed by atoms with van der Waals surface area (Å²) in [5.41, 5.74) is 1.12. The second kappa shape index (κ2) is 8.29. The summed E-state index contributed by atoms with van der Waals surface area (Å²) in [5, 5.41) is 4.07. The van der Waals surface area contributed by atoms with E-state index in [2.05, 4.69) is 5.32 Å². The molecule has 0 unspecified atom stereocenters. The predicted octanol–water partition coefficient (Wildman–Crippen LogP) is 5.32. The van der Waals surface area contributed by atoms with Crippen LogP contribution >= 0.6 is 34.8 Å². The van der Waals surface area contributed by atoms with Crippen LogP contribution < -0.4 is 14.8 Å². The number of anilines is 1. The number of amides is 1. The summed E-state index contributed by atoms with van der Waals surface area (Å²) in [6.45, 7) is 0. The Labute approximate surface area is 154 Å². The average molecular weight is 387 g/mol. The van der Waals surface area contributed by atoms with Gasteiger partial charge in [0.15, 0.2) is 0 Å². The van der Waals surface area contributed by atoms with Gasteiger partial charge >= 0.3 is 0 Å². The zero-order valence-corrected chi connectivity index (χ0v) is 15.2. The van der Waals surface area contributed by atoms with Crippen LogP contribution in [0.3, 0.4) is 0 Å². The zero-order chi connectivity index (χ0) is 17.7. The van der Waals surface area contributed by atoms with Crippen LogP contribution in [0.25, 0.3) is 6.08 Å². The van der Waals surface area contributed by atoms with Gasteiger partial charge in [-0.1, -0.05) is 40.9 Å². The first kappa shape index (κ1) is 18.5. The molecule has 0 bridgehead atoms. The fraction of sp³-hybridized carbons (Fsp3) is 0.118. The molecule has 4 nitrogen and oxygen atoms in total. The monoisotopic (exact) mass is 385 g/mol. The van der Waals surface area contributed by atoms with Crippen LogP contribution in [0.15, 0.2) is 36.4 Å². The van der Waals surface area contributed by atoms with Gasteiger partial charge < -0.3 is 14.8 Å². The van der Waals surface area contributed by atoms with Crippen LogP contribution in [0.4, 0.5) is 5.69 Å². The van der Waals surface area contributed by atoms with Gasteiger partial charge in [-0.2, -0.15) is 0 Å². The lowest BCUT2D eigenvalue weighted by atomic mass is 10.2. The summed E-state index contributed by atoms with van der Waals surface area (Å²) >= 11 is 17.9. The van der Waals surface area contributed by atoms with Crippen molar-refractivity contribution in [1.82, 2.24) is 0 Å². The molecule has 0 aliphatic carbocycles. The molecule has 0 fully saturated rings. The first-order chi connectivity index (χ1) is 11.4. The maximum absolute atomic E-state index is 12.1. The van der Waals surface area contributed by atoms with Gasteiger partial charge in [0.25, 0.3) is 0 Å². The van der Waals surface area contributed by atoms with E-state index < -0.39 is 0 Å². The highest BCUT2D eigenvalue weighted by Crippen LogP contribution is 2.35. The molecule has 0 aromatic heterocycles. The van der Waals surface area contributed by atoms with Gasteiger partial charge in [-0.3, -0.25) is 4.79 Å². The summed E-state index contributed by atoms with van der Waals surface area (Å²) in [6, 6.07) is 8.17.